The molecule has 138 valence electrons. The standard InChI is InChI=1S/C20H24N2O4/c1-5-19(23)21-15-7-6-8-16(14(15)3)22-20(24)12-26-17-10-9-13(2)11-18(17)25-4/h6-11H,5,12H2,1-4H3,(H,21,23)(H,22,24). The minimum absolute atomic E-state index is 0.0774. The summed E-state index contributed by atoms with van der Waals surface area (Å²) in [5.74, 6) is 0.716. The SMILES string of the molecule is CCC(=O)Nc1cccc(NC(=O)COc2ccc(C)cc2OC)c1C. The van der Waals surface area contributed by atoms with Gasteiger partial charge in [0.05, 0.1) is 7.11 Å². The lowest BCUT2D eigenvalue weighted by Gasteiger charge is -2.14. The summed E-state index contributed by atoms with van der Waals surface area (Å²) in [6.07, 6.45) is 0.391. The summed E-state index contributed by atoms with van der Waals surface area (Å²) in [6.45, 7) is 5.42. The Kier molecular flexibility index (Phi) is 6.60. The predicted molar refractivity (Wildman–Crippen MR) is 102 cm³/mol. The van der Waals surface area contributed by atoms with Crippen molar-refractivity contribution in [2.24, 2.45) is 0 Å². The second-order valence-corrected chi connectivity index (χ2v) is 5.87. The lowest BCUT2D eigenvalue weighted by Crippen LogP contribution is -2.21. The van der Waals surface area contributed by atoms with Crippen LogP contribution in [-0.4, -0.2) is 25.5 Å². The van der Waals surface area contributed by atoms with Gasteiger partial charge in [-0.1, -0.05) is 19.1 Å². The molecular weight excluding hydrogens is 332 g/mol. The first-order valence-corrected chi connectivity index (χ1v) is 8.41. The van der Waals surface area contributed by atoms with E-state index in [9.17, 15) is 9.59 Å². The van der Waals surface area contributed by atoms with Crippen LogP contribution in [0.5, 0.6) is 11.5 Å². The highest BCUT2D eigenvalue weighted by Crippen LogP contribution is 2.28. The number of aryl methyl sites for hydroxylation is 1. The van der Waals surface area contributed by atoms with E-state index >= 15 is 0 Å². The largest absolute Gasteiger partial charge is 0.493 e. The van der Waals surface area contributed by atoms with Crippen molar-refractivity contribution >= 4 is 23.2 Å². The predicted octanol–water partition coefficient (Wildman–Crippen LogP) is 3.68. The number of rotatable bonds is 7. The summed E-state index contributed by atoms with van der Waals surface area (Å²) in [5.41, 5.74) is 3.13. The van der Waals surface area contributed by atoms with Gasteiger partial charge in [-0.25, -0.2) is 0 Å². The van der Waals surface area contributed by atoms with Gasteiger partial charge in [0.2, 0.25) is 5.91 Å². The van der Waals surface area contributed by atoms with E-state index in [1.165, 1.54) is 0 Å². The van der Waals surface area contributed by atoms with Crippen molar-refractivity contribution in [3.05, 3.63) is 47.5 Å². The minimum atomic E-state index is -0.297. The molecule has 6 nitrogen and oxygen atoms in total. The van der Waals surface area contributed by atoms with E-state index in [1.807, 2.05) is 26.0 Å². The molecule has 0 aliphatic rings. The van der Waals surface area contributed by atoms with Gasteiger partial charge in [-0.15, -0.1) is 0 Å². The Balaban J connectivity index is 2.02. The molecule has 2 rings (SSSR count). The molecule has 2 amide bonds. The molecule has 6 heteroatoms. The molecular formula is C20H24N2O4. The van der Waals surface area contributed by atoms with Crippen LogP contribution in [0.15, 0.2) is 36.4 Å². The van der Waals surface area contributed by atoms with Gasteiger partial charge in [0.25, 0.3) is 5.91 Å². The molecule has 2 aromatic rings. The Labute approximate surface area is 153 Å². The molecule has 0 aliphatic heterocycles. The fourth-order valence-electron chi connectivity index (χ4n) is 2.37. The minimum Gasteiger partial charge on any atom is -0.493 e. The number of methoxy groups -OCH3 is 1. The van der Waals surface area contributed by atoms with Gasteiger partial charge in [0, 0.05) is 17.8 Å². The van der Waals surface area contributed by atoms with Crippen LogP contribution in [0.4, 0.5) is 11.4 Å². The number of ether oxygens (including phenoxy) is 2. The Bertz CT molecular complexity index is 802. The van der Waals surface area contributed by atoms with E-state index in [1.54, 1.807) is 38.3 Å². The maximum absolute atomic E-state index is 12.2. The van der Waals surface area contributed by atoms with E-state index in [0.717, 1.165) is 11.1 Å². The molecule has 0 atom stereocenters. The van der Waals surface area contributed by atoms with Gasteiger partial charge in [0.1, 0.15) is 0 Å². The summed E-state index contributed by atoms with van der Waals surface area (Å²) >= 11 is 0. The number of nitrogens with one attached hydrogen (secondary N) is 2. The lowest BCUT2D eigenvalue weighted by molar-refractivity contribution is -0.118. The van der Waals surface area contributed by atoms with Crippen molar-refractivity contribution in [2.75, 3.05) is 24.4 Å². The third-order valence-electron chi connectivity index (χ3n) is 3.88. The van der Waals surface area contributed by atoms with Gasteiger partial charge in [-0.2, -0.15) is 0 Å². The fraction of sp³-hybridized carbons (Fsp3) is 0.300. The monoisotopic (exact) mass is 356 g/mol. The summed E-state index contributed by atoms with van der Waals surface area (Å²) in [4.78, 5) is 23.8. The molecule has 2 aromatic carbocycles. The number of hydrogen-bond acceptors (Lipinski definition) is 4. The summed E-state index contributed by atoms with van der Waals surface area (Å²) in [6, 6.07) is 10.9. The highest BCUT2D eigenvalue weighted by Gasteiger charge is 2.11. The number of benzene rings is 2. The number of anilines is 2. The van der Waals surface area contributed by atoms with Gasteiger partial charge in [-0.3, -0.25) is 9.59 Å². The van der Waals surface area contributed by atoms with E-state index in [4.69, 9.17) is 9.47 Å². The molecule has 0 aliphatic carbocycles. The Hall–Kier alpha value is -3.02. The first kappa shape index (κ1) is 19.3. The average Bonchev–Trinajstić information content (AvgIpc) is 2.63. The normalized spacial score (nSPS) is 10.2. The first-order chi connectivity index (χ1) is 12.4. The number of carbonyl (C=O) groups is 2. The third kappa shape index (κ3) is 4.99. The quantitative estimate of drug-likeness (QED) is 0.793. The highest BCUT2D eigenvalue weighted by atomic mass is 16.5. The molecule has 0 radical (unpaired) electrons. The zero-order valence-corrected chi connectivity index (χ0v) is 15.5. The van der Waals surface area contributed by atoms with E-state index in [2.05, 4.69) is 10.6 Å². The smallest absolute Gasteiger partial charge is 0.262 e. The molecule has 26 heavy (non-hydrogen) atoms. The molecule has 0 spiro atoms. The van der Waals surface area contributed by atoms with Crippen molar-refractivity contribution in [2.45, 2.75) is 27.2 Å². The van der Waals surface area contributed by atoms with Gasteiger partial charge in [0.15, 0.2) is 18.1 Å². The number of carbonyl (C=O) groups excluding carboxylic acids is 2. The van der Waals surface area contributed by atoms with Crippen LogP contribution in [-0.2, 0) is 9.59 Å². The van der Waals surface area contributed by atoms with Crippen LogP contribution in [0.2, 0.25) is 0 Å². The molecule has 0 aromatic heterocycles. The average molecular weight is 356 g/mol. The van der Waals surface area contributed by atoms with Crippen LogP contribution in [0.1, 0.15) is 24.5 Å². The summed E-state index contributed by atoms with van der Waals surface area (Å²) in [7, 11) is 1.56. The van der Waals surface area contributed by atoms with Crippen molar-refractivity contribution in [1.82, 2.24) is 0 Å². The summed E-state index contributed by atoms with van der Waals surface area (Å²) in [5, 5.41) is 5.62. The molecule has 0 bridgehead atoms. The van der Waals surface area contributed by atoms with Gasteiger partial charge < -0.3 is 20.1 Å². The van der Waals surface area contributed by atoms with Crippen LogP contribution in [0, 0.1) is 13.8 Å². The topological polar surface area (TPSA) is 76.7 Å². The molecule has 2 N–H and O–H groups in total. The maximum Gasteiger partial charge on any atom is 0.262 e. The number of hydrogen-bond donors (Lipinski definition) is 2. The van der Waals surface area contributed by atoms with E-state index in [0.29, 0.717) is 29.3 Å². The Morgan fingerprint density at radius 1 is 0.962 bits per heavy atom. The van der Waals surface area contributed by atoms with E-state index in [-0.39, 0.29) is 18.4 Å². The molecule has 0 unspecified atom stereocenters. The molecule has 0 saturated carbocycles. The van der Waals surface area contributed by atoms with Crippen molar-refractivity contribution in [3.8, 4) is 11.5 Å². The summed E-state index contributed by atoms with van der Waals surface area (Å²) < 4.78 is 10.8. The van der Waals surface area contributed by atoms with Crippen molar-refractivity contribution < 1.29 is 19.1 Å². The highest BCUT2D eigenvalue weighted by molar-refractivity contribution is 5.96. The number of amides is 2. The Morgan fingerprint density at radius 2 is 1.62 bits per heavy atom. The van der Waals surface area contributed by atoms with Crippen LogP contribution >= 0.6 is 0 Å². The third-order valence-corrected chi connectivity index (χ3v) is 3.88. The maximum atomic E-state index is 12.2. The zero-order chi connectivity index (χ0) is 19.1. The van der Waals surface area contributed by atoms with Gasteiger partial charge >= 0.3 is 0 Å². The molecule has 0 fully saturated rings. The fourth-order valence-corrected chi connectivity index (χ4v) is 2.37. The Morgan fingerprint density at radius 3 is 2.23 bits per heavy atom. The zero-order valence-electron chi connectivity index (χ0n) is 15.5. The van der Waals surface area contributed by atoms with E-state index < -0.39 is 0 Å². The van der Waals surface area contributed by atoms with Crippen molar-refractivity contribution in [1.29, 1.82) is 0 Å². The van der Waals surface area contributed by atoms with Crippen LogP contribution < -0.4 is 20.1 Å². The molecule has 0 saturated heterocycles. The van der Waals surface area contributed by atoms with Crippen LogP contribution in [0.25, 0.3) is 0 Å². The lowest BCUT2D eigenvalue weighted by atomic mass is 10.1. The van der Waals surface area contributed by atoms with Crippen LogP contribution in [0.3, 0.4) is 0 Å². The first-order valence-electron chi connectivity index (χ1n) is 8.41. The van der Waals surface area contributed by atoms with Gasteiger partial charge in [-0.05, 0) is 49.2 Å². The van der Waals surface area contributed by atoms with Crippen molar-refractivity contribution in [3.63, 3.8) is 0 Å². The molecule has 0 heterocycles. The second kappa shape index (κ2) is 8.89. The second-order valence-electron chi connectivity index (χ2n) is 5.87.